The number of nitrogens with zero attached hydrogens (tertiary/aromatic N) is 4. The minimum Gasteiger partial charge on any atom is -0.327 e. The molecule has 2 amide bonds. The van der Waals surface area contributed by atoms with Gasteiger partial charge in [-0.1, -0.05) is 12.1 Å². The number of piperidine rings is 1. The van der Waals surface area contributed by atoms with E-state index in [1.807, 2.05) is 12.1 Å². The van der Waals surface area contributed by atoms with Crippen molar-refractivity contribution >= 4 is 11.8 Å². The van der Waals surface area contributed by atoms with Gasteiger partial charge in [-0.05, 0) is 42.5 Å². The van der Waals surface area contributed by atoms with Gasteiger partial charge in [-0.25, -0.2) is 9.59 Å². The minimum absolute atomic E-state index is 0.231. The van der Waals surface area contributed by atoms with Crippen molar-refractivity contribution in [1.29, 1.82) is 0 Å². The molecule has 1 aliphatic carbocycles. The van der Waals surface area contributed by atoms with E-state index in [9.17, 15) is 9.59 Å². The number of hydrogen-bond donors (Lipinski definition) is 3. The number of fused-ring (bicyclic) bond motifs is 1. The third-order valence-electron chi connectivity index (χ3n) is 6.93. The van der Waals surface area contributed by atoms with Crippen LogP contribution >= 0.6 is 0 Å². The van der Waals surface area contributed by atoms with E-state index < -0.39 is 5.69 Å². The lowest BCUT2D eigenvalue weighted by molar-refractivity contribution is 0.204. The number of nitrogens with one attached hydrogen (secondary N) is 2. The Labute approximate surface area is 181 Å². The summed E-state index contributed by atoms with van der Waals surface area (Å²) in [4.78, 5) is 33.1. The standard InChI is InChI=1S/C22H29N7O2/c1-14(28-12-17-18(13-28)20(17)23)15-2-4-16(5-3-15)29-9-6-19(26-22(29)31)25-21(30)27-10-7-24-8-11-27/h2-6,9,14,17-18,20,24H,7-8,10-13,23H2,1H3,(H,25,26,30,31)/t14?,17-,18+,20?. The van der Waals surface area contributed by atoms with Crippen LogP contribution in [0.3, 0.4) is 0 Å². The van der Waals surface area contributed by atoms with Crippen LogP contribution in [0.1, 0.15) is 18.5 Å². The summed E-state index contributed by atoms with van der Waals surface area (Å²) < 4.78 is 1.49. The number of carbonyl (C=O) groups excluding carboxylic acids is 1. The number of benzene rings is 1. The van der Waals surface area contributed by atoms with E-state index in [0.717, 1.165) is 31.9 Å². The van der Waals surface area contributed by atoms with Crippen LogP contribution < -0.4 is 22.1 Å². The summed E-state index contributed by atoms with van der Waals surface area (Å²) in [6.45, 7) is 7.17. The van der Waals surface area contributed by atoms with Crippen LogP contribution in [0.4, 0.5) is 10.6 Å². The molecule has 2 saturated heterocycles. The van der Waals surface area contributed by atoms with Crippen molar-refractivity contribution in [1.82, 2.24) is 24.7 Å². The summed E-state index contributed by atoms with van der Waals surface area (Å²) >= 11 is 0. The molecule has 4 atom stereocenters. The highest BCUT2D eigenvalue weighted by molar-refractivity contribution is 5.88. The number of aromatic nitrogens is 2. The Kier molecular flexibility index (Phi) is 5.25. The lowest BCUT2D eigenvalue weighted by Crippen LogP contribution is -2.48. The van der Waals surface area contributed by atoms with Gasteiger partial charge in [0.1, 0.15) is 5.82 Å². The molecule has 3 fully saturated rings. The third kappa shape index (κ3) is 3.96. The van der Waals surface area contributed by atoms with Crippen LogP contribution in [-0.2, 0) is 0 Å². The van der Waals surface area contributed by atoms with Crippen molar-refractivity contribution in [2.24, 2.45) is 17.6 Å². The molecule has 31 heavy (non-hydrogen) atoms. The number of piperazine rings is 1. The molecule has 3 heterocycles. The van der Waals surface area contributed by atoms with Crippen molar-refractivity contribution in [2.45, 2.75) is 19.0 Å². The van der Waals surface area contributed by atoms with Gasteiger partial charge in [0, 0.05) is 57.5 Å². The van der Waals surface area contributed by atoms with Crippen LogP contribution in [0.2, 0.25) is 0 Å². The Balaban J connectivity index is 1.24. The Morgan fingerprint density at radius 2 is 1.84 bits per heavy atom. The van der Waals surface area contributed by atoms with E-state index in [1.54, 1.807) is 17.2 Å². The maximum atomic E-state index is 12.6. The molecule has 5 rings (SSSR count). The van der Waals surface area contributed by atoms with Gasteiger partial charge in [0.2, 0.25) is 0 Å². The van der Waals surface area contributed by atoms with E-state index in [2.05, 4.69) is 39.6 Å². The summed E-state index contributed by atoms with van der Waals surface area (Å²) in [5, 5.41) is 5.92. The van der Waals surface area contributed by atoms with Gasteiger partial charge >= 0.3 is 11.7 Å². The van der Waals surface area contributed by atoms with E-state index in [-0.39, 0.29) is 11.8 Å². The maximum absolute atomic E-state index is 12.6. The largest absolute Gasteiger partial charge is 0.354 e. The predicted molar refractivity (Wildman–Crippen MR) is 118 cm³/mol. The molecule has 164 valence electrons. The van der Waals surface area contributed by atoms with Crippen molar-refractivity contribution in [2.75, 3.05) is 44.6 Å². The van der Waals surface area contributed by atoms with E-state index in [4.69, 9.17) is 5.73 Å². The normalized spacial score (nSPS) is 26.4. The highest BCUT2D eigenvalue weighted by atomic mass is 16.2. The SMILES string of the molecule is CC(c1ccc(-n2ccc(NC(=O)N3CCNCC3)nc2=O)cc1)N1C[C@@H]2C(N)[C@@H]2C1. The number of anilines is 1. The quantitative estimate of drug-likeness (QED) is 0.665. The average Bonchev–Trinajstić information content (AvgIpc) is 3.19. The summed E-state index contributed by atoms with van der Waals surface area (Å²) in [6, 6.07) is 10.2. The molecule has 0 bridgehead atoms. The lowest BCUT2D eigenvalue weighted by Gasteiger charge is -2.27. The fourth-order valence-corrected chi connectivity index (χ4v) is 4.77. The molecular weight excluding hydrogens is 394 g/mol. The van der Waals surface area contributed by atoms with Gasteiger partial charge in [0.15, 0.2) is 0 Å². The summed E-state index contributed by atoms with van der Waals surface area (Å²) in [7, 11) is 0. The summed E-state index contributed by atoms with van der Waals surface area (Å²) in [6.07, 6.45) is 1.65. The lowest BCUT2D eigenvalue weighted by atomic mass is 10.1. The first-order valence-corrected chi connectivity index (χ1v) is 11.0. The highest BCUT2D eigenvalue weighted by Gasteiger charge is 2.54. The first kappa shape index (κ1) is 20.2. The molecule has 0 radical (unpaired) electrons. The van der Waals surface area contributed by atoms with Gasteiger partial charge in [0.25, 0.3) is 0 Å². The average molecular weight is 424 g/mol. The Morgan fingerprint density at radius 3 is 2.48 bits per heavy atom. The number of urea groups is 1. The molecule has 9 heteroatoms. The van der Waals surface area contributed by atoms with E-state index >= 15 is 0 Å². The van der Waals surface area contributed by atoms with Crippen LogP contribution in [0.25, 0.3) is 5.69 Å². The molecule has 2 aromatic rings. The Bertz CT molecular complexity index is 1000. The third-order valence-corrected chi connectivity index (χ3v) is 6.93. The van der Waals surface area contributed by atoms with Crippen molar-refractivity contribution in [3.05, 3.63) is 52.6 Å². The van der Waals surface area contributed by atoms with Gasteiger partial charge in [-0.15, -0.1) is 0 Å². The minimum atomic E-state index is -0.424. The topological polar surface area (TPSA) is 109 Å². The fraction of sp³-hybridized carbons (Fsp3) is 0.500. The molecular formula is C22H29N7O2. The van der Waals surface area contributed by atoms with E-state index in [0.29, 0.717) is 37.0 Å². The van der Waals surface area contributed by atoms with Crippen LogP contribution in [0, 0.1) is 11.8 Å². The first-order valence-electron chi connectivity index (χ1n) is 11.0. The number of carbonyl (C=O) groups is 1. The zero-order valence-electron chi connectivity index (χ0n) is 17.7. The van der Waals surface area contributed by atoms with Crippen molar-refractivity contribution < 1.29 is 4.79 Å². The van der Waals surface area contributed by atoms with Gasteiger partial charge in [-0.2, -0.15) is 4.98 Å². The molecule has 4 N–H and O–H groups in total. The van der Waals surface area contributed by atoms with E-state index in [1.165, 1.54) is 10.1 Å². The second kappa shape index (κ2) is 8.07. The molecule has 2 aliphatic heterocycles. The Hall–Kier alpha value is -2.75. The van der Waals surface area contributed by atoms with Crippen molar-refractivity contribution in [3.8, 4) is 5.69 Å². The van der Waals surface area contributed by atoms with Gasteiger partial charge in [0.05, 0.1) is 5.69 Å². The predicted octanol–water partition coefficient (Wildman–Crippen LogP) is 0.620. The summed E-state index contributed by atoms with van der Waals surface area (Å²) in [5.74, 6) is 1.59. The second-order valence-electron chi connectivity index (χ2n) is 8.76. The first-order chi connectivity index (χ1) is 15.0. The number of rotatable bonds is 4. The Morgan fingerprint density at radius 1 is 1.16 bits per heavy atom. The molecule has 1 aromatic heterocycles. The maximum Gasteiger partial charge on any atom is 0.354 e. The smallest absolute Gasteiger partial charge is 0.327 e. The van der Waals surface area contributed by atoms with Crippen LogP contribution in [-0.4, -0.2) is 70.7 Å². The highest BCUT2D eigenvalue weighted by Crippen LogP contribution is 2.46. The van der Waals surface area contributed by atoms with Gasteiger partial charge < -0.3 is 16.0 Å². The molecule has 1 saturated carbocycles. The number of likely N-dealkylation sites (tertiary alicyclic amines) is 1. The number of amides is 2. The van der Waals surface area contributed by atoms with Crippen LogP contribution in [0.5, 0.6) is 0 Å². The molecule has 2 unspecified atom stereocenters. The molecule has 9 nitrogen and oxygen atoms in total. The van der Waals surface area contributed by atoms with Crippen LogP contribution in [0.15, 0.2) is 41.3 Å². The van der Waals surface area contributed by atoms with Gasteiger partial charge in [-0.3, -0.25) is 14.8 Å². The molecule has 1 aromatic carbocycles. The van der Waals surface area contributed by atoms with Crippen molar-refractivity contribution in [3.63, 3.8) is 0 Å². The zero-order valence-corrected chi connectivity index (χ0v) is 17.7. The summed E-state index contributed by atoms with van der Waals surface area (Å²) in [5.41, 5.74) is 7.60. The monoisotopic (exact) mass is 423 g/mol. The number of hydrogen-bond acceptors (Lipinski definition) is 6. The molecule has 0 spiro atoms. The molecule has 3 aliphatic rings. The number of nitrogens with two attached hydrogens (primary N) is 1. The fourth-order valence-electron chi connectivity index (χ4n) is 4.77. The zero-order chi connectivity index (χ0) is 21.5. The second-order valence-corrected chi connectivity index (χ2v) is 8.76.